The second kappa shape index (κ2) is 8.73. The SMILES string of the molecule is CNS(=O)(=O)N1CCC(C(=O)NCC(c2cccnc2)C(C)C)CC1. The van der Waals surface area contributed by atoms with E-state index in [0.29, 0.717) is 38.4 Å². The van der Waals surface area contributed by atoms with E-state index < -0.39 is 10.2 Å². The van der Waals surface area contributed by atoms with Gasteiger partial charge in [0.1, 0.15) is 0 Å². The molecular formula is C17H28N4O3S. The number of hydrogen-bond donors (Lipinski definition) is 2. The summed E-state index contributed by atoms with van der Waals surface area (Å²) in [6.45, 7) is 5.57. The normalized spacial score (nSPS) is 18.2. The molecule has 0 bridgehead atoms. The van der Waals surface area contributed by atoms with Gasteiger partial charge in [-0.1, -0.05) is 19.9 Å². The molecule has 0 saturated carbocycles. The van der Waals surface area contributed by atoms with Crippen molar-refractivity contribution in [3.63, 3.8) is 0 Å². The molecule has 1 aromatic heterocycles. The van der Waals surface area contributed by atoms with Crippen LogP contribution in [-0.2, 0) is 15.0 Å². The highest BCUT2D eigenvalue weighted by atomic mass is 32.2. The molecule has 0 spiro atoms. The molecule has 140 valence electrons. The predicted molar refractivity (Wildman–Crippen MR) is 97.1 cm³/mol. The van der Waals surface area contributed by atoms with Gasteiger partial charge in [0.25, 0.3) is 10.2 Å². The first kappa shape index (κ1) is 19.8. The first-order chi connectivity index (χ1) is 11.8. The molecule has 1 amide bonds. The molecular weight excluding hydrogens is 340 g/mol. The molecule has 7 nitrogen and oxygen atoms in total. The minimum absolute atomic E-state index is 0.0102. The van der Waals surface area contributed by atoms with E-state index in [2.05, 4.69) is 28.9 Å². The summed E-state index contributed by atoms with van der Waals surface area (Å²) in [6.07, 6.45) is 4.68. The molecule has 8 heteroatoms. The van der Waals surface area contributed by atoms with Crippen LogP contribution in [0.5, 0.6) is 0 Å². The van der Waals surface area contributed by atoms with Crippen molar-refractivity contribution in [3.05, 3.63) is 30.1 Å². The van der Waals surface area contributed by atoms with Crippen molar-refractivity contribution in [2.24, 2.45) is 11.8 Å². The molecule has 0 aromatic carbocycles. The molecule has 1 aliphatic heterocycles. The number of hydrogen-bond acceptors (Lipinski definition) is 4. The van der Waals surface area contributed by atoms with Crippen LogP contribution in [0, 0.1) is 11.8 Å². The Hall–Kier alpha value is -1.51. The fourth-order valence-corrected chi connectivity index (χ4v) is 4.13. The summed E-state index contributed by atoms with van der Waals surface area (Å²) < 4.78 is 27.3. The summed E-state index contributed by atoms with van der Waals surface area (Å²) in [5, 5.41) is 3.05. The number of amides is 1. The highest BCUT2D eigenvalue weighted by molar-refractivity contribution is 7.87. The summed E-state index contributed by atoms with van der Waals surface area (Å²) in [5.41, 5.74) is 1.12. The van der Waals surface area contributed by atoms with Crippen molar-refractivity contribution in [1.82, 2.24) is 19.3 Å². The van der Waals surface area contributed by atoms with Crippen LogP contribution in [0.4, 0.5) is 0 Å². The van der Waals surface area contributed by atoms with Gasteiger partial charge in [0.05, 0.1) is 0 Å². The average Bonchev–Trinajstić information content (AvgIpc) is 2.62. The summed E-state index contributed by atoms with van der Waals surface area (Å²) in [6, 6.07) is 3.94. The Kier molecular flexibility index (Phi) is 6.92. The van der Waals surface area contributed by atoms with E-state index in [0.717, 1.165) is 5.56 Å². The lowest BCUT2D eigenvalue weighted by atomic mass is 9.89. The largest absolute Gasteiger partial charge is 0.355 e. The number of rotatable bonds is 7. The van der Waals surface area contributed by atoms with E-state index in [4.69, 9.17) is 0 Å². The van der Waals surface area contributed by atoms with E-state index in [1.165, 1.54) is 11.4 Å². The summed E-state index contributed by atoms with van der Waals surface area (Å²) in [4.78, 5) is 16.6. The molecule has 0 radical (unpaired) electrons. The van der Waals surface area contributed by atoms with Gasteiger partial charge in [0.2, 0.25) is 5.91 Å². The van der Waals surface area contributed by atoms with Crippen molar-refractivity contribution in [2.75, 3.05) is 26.7 Å². The fourth-order valence-electron chi connectivity index (χ4n) is 3.18. The topological polar surface area (TPSA) is 91.4 Å². The van der Waals surface area contributed by atoms with E-state index in [-0.39, 0.29) is 17.7 Å². The van der Waals surface area contributed by atoms with E-state index in [1.807, 2.05) is 18.3 Å². The van der Waals surface area contributed by atoms with Crippen molar-refractivity contribution in [3.8, 4) is 0 Å². The third-order valence-electron chi connectivity index (χ3n) is 4.84. The molecule has 1 aliphatic rings. The van der Waals surface area contributed by atoms with Crippen molar-refractivity contribution >= 4 is 16.1 Å². The zero-order valence-electron chi connectivity index (χ0n) is 15.1. The second-order valence-corrected chi connectivity index (χ2v) is 8.64. The lowest BCUT2D eigenvalue weighted by Crippen LogP contribution is -2.46. The predicted octanol–water partition coefficient (Wildman–Crippen LogP) is 1.11. The van der Waals surface area contributed by atoms with Crippen LogP contribution in [0.3, 0.4) is 0 Å². The van der Waals surface area contributed by atoms with Gasteiger partial charge >= 0.3 is 0 Å². The number of pyridine rings is 1. The van der Waals surface area contributed by atoms with E-state index >= 15 is 0 Å². The van der Waals surface area contributed by atoms with Gasteiger partial charge in [-0.05, 0) is 30.4 Å². The zero-order valence-corrected chi connectivity index (χ0v) is 15.9. The first-order valence-electron chi connectivity index (χ1n) is 8.71. The van der Waals surface area contributed by atoms with Crippen LogP contribution in [0.25, 0.3) is 0 Å². The van der Waals surface area contributed by atoms with Crippen molar-refractivity contribution in [2.45, 2.75) is 32.6 Å². The van der Waals surface area contributed by atoms with Gasteiger partial charge in [0, 0.05) is 50.9 Å². The van der Waals surface area contributed by atoms with E-state index in [9.17, 15) is 13.2 Å². The molecule has 1 unspecified atom stereocenters. The number of nitrogens with one attached hydrogen (secondary N) is 2. The maximum Gasteiger partial charge on any atom is 0.279 e. The van der Waals surface area contributed by atoms with Gasteiger partial charge in [-0.25, -0.2) is 4.72 Å². The lowest BCUT2D eigenvalue weighted by molar-refractivity contribution is -0.126. The molecule has 0 aliphatic carbocycles. The Labute approximate surface area is 150 Å². The third-order valence-corrected chi connectivity index (χ3v) is 6.40. The molecule has 25 heavy (non-hydrogen) atoms. The fraction of sp³-hybridized carbons (Fsp3) is 0.647. The molecule has 1 aromatic rings. The summed E-state index contributed by atoms with van der Waals surface area (Å²) in [5.74, 6) is 0.468. The Bertz CT molecular complexity index is 656. The van der Waals surface area contributed by atoms with Crippen LogP contribution >= 0.6 is 0 Å². The average molecular weight is 369 g/mol. The molecule has 1 saturated heterocycles. The van der Waals surface area contributed by atoms with Gasteiger partial charge in [-0.3, -0.25) is 9.78 Å². The van der Waals surface area contributed by atoms with Crippen molar-refractivity contribution < 1.29 is 13.2 Å². The smallest absolute Gasteiger partial charge is 0.279 e. The number of aromatic nitrogens is 1. The molecule has 1 fully saturated rings. The first-order valence-corrected chi connectivity index (χ1v) is 10.2. The van der Waals surface area contributed by atoms with Crippen LogP contribution < -0.4 is 10.0 Å². The highest BCUT2D eigenvalue weighted by Gasteiger charge is 2.30. The second-order valence-electron chi connectivity index (χ2n) is 6.76. The molecule has 2 rings (SSSR count). The Morgan fingerprint density at radius 1 is 1.36 bits per heavy atom. The minimum Gasteiger partial charge on any atom is -0.355 e. The van der Waals surface area contributed by atoms with Crippen molar-refractivity contribution in [1.29, 1.82) is 0 Å². The molecule has 1 atom stereocenters. The Morgan fingerprint density at radius 2 is 2.04 bits per heavy atom. The standard InChI is InChI=1S/C17H28N4O3S/c1-13(2)16(15-5-4-8-19-11-15)12-20-17(22)14-6-9-21(10-7-14)25(23,24)18-3/h4-5,8,11,13-14,16,18H,6-7,9-10,12H2,1-3H3,(H,20,22). The number of piperidine rings is 1. The van der Waals surface area contributed by atoms with Crippen LogP contribution in [-0.4, -0.2) is 50.3 Å². The van der Waals surface area contributed by atoms with Crippen LogP contribution in [0.15, 0.2) is 24.5 Å². The van der Waals surface area contributed by atoms with Crippen LogP contribution in [0.1, 0.15) is 38.2 Å². The maximum atomic E-state index is 12.5. The Morgan fingerprint density at radius 3 is 2.56 bits per heavy atom. The van der Waals surface area contributed by atoms with Gasteiger partial charge < -0.3 is 5.32 Å². The van der Waals surface area contributed by atoms with Gasteiger partial charge in [-0.2, -0.15) is 12.7 Å². The monoisotopic (exact) mass is 368 g/mol. The summed E-state index contributed by atoms with van der Waals surface area (Å²) >= 11 is 0. The number of carbonyl (C=O) groups is 1. The maximum absolute atomic E-state index is 12.5. The molecule has 2 heterocycles. The Balaban J connectivity index is 1.88. The highest BCUT2D eigenvalue weighted by Crippen LogP contribution is 2.24. The number of carbonyl (C=O) groups excluding carboxylic acids is 1. The number of nitrogens with zero attached hydrogens (tertiary/aromatic N) is 2. The van der Waals surface area contributed by atoms with E-state index in [1.54, 1.807) is 6.20 Å². The summed E-state index contributed by atoms with van der Waals surface area (Å²) in [7, 11) is -2.00. The third kappa shape index (κ3) is 5.23. The van der Waals surface area contributed by atoms with Gasteiger partial charge in [0.15, 0.2) is 0 Å². The van der Waals surface area contributed by atoms with Crippen LogP contribution in [0.2, 0.25) is 0 Å². The zero-order chi connectivity index (χ0) is 18.4. The quantitative estimate of drug-likeness (QED) is 0.754. The van der Waals surface area contributed by atoms with Gasteiger partial charge in [-0.15, -0.1) is 0 Å². The lowest BCUT2D eigenvalue weighted by Gasteiger charge is -2.30. The molecule has 2 N–H and O–H groups in total. The minimum atomic E-state index is -3.40.